The van der Waals surface area contributed by atoms with Crippen molar-refractivity contribution in [2.75, 3.05) is 33.3 Å². The van der Waals surface area contributed by atoms with Gasteiger partial charge in [-0.25, -0.2) is 8.42 Å². The fourth-order valence-corrected chi connectivity index (χ4v) is 5.02. The lowest BCUT2D eigenvalue weighted by Crippen LogP contribution is -2.48. The largest absolute Gasteiger partial charge is 0.495 e. The van der Waals surface area contributed by atoms with Crippen LogP contribution in [0.3, 0.4) is 0 Å². The average Bonchev–Trinajstić information content (AvgIpc) is 2.62. The fourth-order valence-electron chi connectivity index (χ4n) is 3.15. The molecule has 0 amide bonds. The SMILES string of the molecule is COc1ccc(C)cc1S(=O)(=O)N1CCN(Cc2cccc(Cl)c2)CC1. The Kier molecular flexibility index (Phi) is 5.87. The molecule has 140 valence electrons. The molecule has 1 saturated heterocycles. The predicted octanol–water partition coefficient (Wildman–Crippen LogP) is 3.16. The van der Waals surface area contributed by atoms with Gasteiger partial charge < -0.3 is 4.74 Å². The van der Waals surface area contributed by atoms with Crippen molar-refractivity contribution < 1.29 is 13.2 Å². The number of hydrogen-bond donors (Lipinski definition) is 0. The van der Waals surface area contributed by atoms with Crippen LogP contribution < -0.4 is 4.74 Å². The zero-order valence-corrected chi connectivity index (χ0v) is 16.6. The quantitative estimate of drug-likeness (QED) is 0.781. The lowest BCUT2D eigenvalue weighted by Gasteiger charge is -2.34. The molecular formula is C19H23ClN2O3S. The Hall–Kier alpha value is -1.60. The van der Waals surface area contributed by atoms with E-state index in [0.717, 1.165) is 22.7 Å². The first kappa shape index (κ1) is 19.2. The van der Waals surface area contributed by atoms with Crippen molar-refractivity contribution in [1.29, 1.82) is 0 Å². The van der Waals surface area contributed by atoms with Gasteiger partial charge in [0.05, 0.1) is 7.11 Å². The molecular weight excluding hydrogens is 372 g/mol. The van der Waals surface area contributed by atoms with Gasteiger partial charge in [0.25, 0.3) is 0 Å². The van der Waals surface area contributed by atoms with Crippen LogP contribution in [-0.4, -0.2) is 50.9 Å². The van der Waals surface area contributed by atoms with E-state index in [2.05, 4.69) is 4.90 Å². The standard InChI is InChI=1S/C19H23ClN2O3S/c1-15-6-7-18(25-2)19(12-15)26(23,24)22-10-8-21(9-11-22)14-16-4-3-5-17(20)13-16/h3-7,12-13H,8-11,14H2,1-2H3. The lowest BCUT2D eigenvalue weighted by atomic mass is 10.2. The number of hydrogen-bond acceptors (Lipinski definition) is 4. The van der Waals surface area contributed by atoms with E-state index in [9.17, 15) is 8.42 Å². The summed E-state index contributed by atoms with van der Waals surface area (Å²) in [6.45, 7) is 4.92. The highest BCUT2D eigenvalue weighted by Crippen LogP contribution is 2.28. The molecule has 0 spiro atoms. The number of sulfonamides is 1. The highest BCUT2D eigenvalue weighted by atomic mass is 35.5. The minimum atomic E-state index is -3.57. The van der Waals surface area contributed by atoms with Crippen LogP contribution in [-0.2, 0) is 16.6 Å². The Bertz CT molecular complexity index is 878. The first-order chi connectivity index (χ1) is 12.4. The first-order valence-corrected chi connectivity index (χ1v) is 10.3. The maximum absolute atomic E-state index is 13.0. The number of nitrogens with zero attached hydrogens (tertiary/aromatic N) is 2. The fraction of sp³-hybridized carbons (Fsp3) is 0.368. The van der Waals surface area contributed by atoms with E-state index in [1.165, 1.54) is 7.11 Å². The molecule has 1 heterocycles. The van der Waals surface area contributed by atoms with E-state index >= 15 is 0 Å². The molecule has 0 aromatic heterocycles. The molecule has 3 rings (SSSR count). The van der Waals surface area contributed by atoms with Crippen LogP contribution in [0.15, 0.2) is 47.4 Å². The Morgan fingerprint density at radius 1 is 1.08 bits per heavy atom. The maximum atomic E-state index is 13.0. The Balaban J connectivity index is 1.70. The summed E-state index contributed by atoms with van der Waals surface area (Å²) in [4.78, 5) is 2.48. The maximum Gasteiger partial charge on any atom is 0.246 e. The molecule has 0 N–H and O–H groups in total. The van der Waals surface area contributed by atoms with E-state index in [4.69, 9.17) is 16.3 Å². The minimum absolute atomic E-state index is 0.239. The number of methoxy groups -OCH3 is 1. The zero-order chi connectivity index (χ0) is 18.7. The van der Waals surface area contributed by atoms with Crippen molar-refractivity contribution in [2.24, 2.45) is 0 Å². The Labute approximate surface area is 160 Å². The second-order valence-corrected chi connectivity index (χ2v) is 8.81. The Morgan fingerprint density at radius 3 is 2.46 bits per heavy atom. The van der Waals surface area contributed by atoms with Crippen molar-refractivity contribution in [3.63, 3.8) is 0 Å². The van der Waals surface area contributed by atoms with Crippen LogP contribution in [0.1, 0.15) is 11.1 Å². The number of aryl methyl sites for hydroxylation is 1. The first-order valence-electron chi connectivity index (χ1n) is 8.52. The van der Waals surface area contributed by atoms with E-state index in [0.29, 0.717) is 31.9 Å². The van der Waals surface area contributed by atoms with E-state index in [-0.39, 0.29) is 4.90 Å². The summed E-state index contributed by atoms with van der Waals surface area (Å²) in [7, 11) is -2.08. The molecule has 0 radical (unpaired) electrons. The van der Waals surface area contributed by atoms with Gasteiger partial charge in [-0.3, -0.25) is 4.90 Å². The predicted molar refractivity (Wildman–Crippen MR) is 103 cm³/mol. The molecule has 0 aliphatic carbocycles. The van der Waals surface area contributed by atoms with Crippen molar-refractivity contribution in [2.45, 2.75) is 18.4 Å². The third kappa shape index (κ3) is 4.20. The number of piperazine rings is 1. The number of ether oxygens (including phenoxy) is 1. The topological polar surface area (TPSA) is 49.9 Å². The van der Waals surface area contributed by atoms with Gasteiger partial charge in [-0.05, 0) is 42.3 Å². The highest BCUT2D eigenvalue weighted by molar-refractivity contribution is 7.89. The molecule has 1 fully saturated rings. The van der Waals surface area contributed by atoms with Crippen LogP contribution >= 0.6 is 11.6 Å². The monoisotopic (exact) mass is 394 g/mol. The van der Waals surface area contributed by atoms with Gasteiger partial charge in [0, 0.05) is 37.7 Å². The molecule has 1 aliphatic rings. The Morgan fingerprint density at radius 2 is 1.81 bits per heavy atom. The molecule has 7 heteroatoms. The molecule has 26 heavy (non-hydrogen) atoms. The summed E-state index contributed by atoms with van der Waals surface area (Å²) in [5.41, 5.74) is 2.03. The summed E-state index contributed by atoms with van der Waals surface area (Å²) < 4.78 is 32.9. The average molecular weight is 395 g/mol. The molecule has 0 unspecified atom stereocenters. The van der Waals surface area contributed by atoms with Gasteiger partial charge in [0.1, 0.15) is 10.6 Å². The van der Waals surface area contributed by atoms with E-state index in [1.807, 2.05) is 37.3 Å². The van der Waals surface area contributed by atoms with Gasteiger partial charge >= 0.3 is 0 Å². The normalized spacial score (nSPS) is 16.6. The second-order valence-electron chi connectivity index (χ2n) is 6.46. The number of halogens is 1. The van der Waals surface area contributed by atoms with Crippen LogP contribution in [0.2, 0.25) is 5.02 Å². The summed E-state index contributed by atoms with van der Waals surface area (Å²) in [6.07, 6.45) is 0. The summed E-state index contributed by atoms with van der Waals surface area (Å²) in [5.74, 6) is 0.386. The van der Waals surface area contributed by atoms with Gasteiger partial charge in [-0.15, -0.1) is 0 Å². The molecule has 1 aliphatic heterocycles. The van der Waals surface area contributed by atoms with Crippen LogP contribution in [0.5, 0.6) is 5.75 Å². The van der Waals surface area contributed by atoms with Gasteiger partial charge in [-0.2, -0.15) is 4.31 Å². The molecule has 0 saturated carbocycles. The summed E-state index contributed by atoms with van der Waals surface area (Å²) in [5, 5.41) is 0.718. The van der Waals surface area contributed by atoms with E-state index < -0.39 is 10.0 Å². The van der Waals surface area contributed by atoms with Crippen LogP contribution in [0, 0.1) is 6.92 Å². The van der Waals surface area contributed by atoms with Crippen molar-refractivity contribution >= 4 is 21.6 Å². The van der Waals surface area contributed by atoms with Crippen molar-refractivity contribution in [3.8, 4) is 5.75 Å². The number of rotatable bonds is 5. The highest BCUT2D eigenvalue weighted by Gasteiger charge is 2.30. The number of benzene rings is 2. The third-order valence-electron chi connectivity index (χ3n) is 4.56. The van der Waals surface area contributed by atoms with Crippen LogP contribution in [0.4, 0.5) is 0 Å². The second kappa shape index (κ2) is 7.96. The van der Waals surface area contributed by atoms with Gasteiger partial charge in [0.15, 0.2) is 0 Å². The van der Waals surface area contributed by atoms with E-state index in [1.54, 1.807) is 16.4 Å². The minimum Gasteiger partial charge on any atom is -0.495 e. The molecule has 0 atom stereocenters. The smallest absolute Gasteiger partial charge is 0.246 e. The summed E-state index contributed by atoms with van der Waals surface area (Å²) >= 11 is 6.04. The molecule has 2 aromatic rings. The third-order valence-corrected chi connectivity index (χ3v) is 6.72. The summed E-state index contributed by atoms with van der Waals surface area (Å²) in [6, 6.07) is 13.0. The van der Waals surface area contributed by atoms with Gasteiger partial charge in [0.2, 0.25) is 10.0 Å². The molecule has 5 nitrogen and oxygen atoms in total. The lowest BCUT2D eigenvalue weighted by molar-refractivity contribution is 0.181. The van der Waals surface area contributed by atoms with Crippen LogP contribution in [0.25, 0.3) is 0 Å². The van der Waals surface area contributed by atoms with Crippen molar-refractivity contribution in [3.05, 3.63) is 58.6 Å². The molecule has 2 aromatic carbocycles. The van der Waals surface area contributed by atoms with Gasteiger partial charge in [-0.1, -0.05) is 29.8 Å². The zero-order valence-electron chi connectivity index (χ0n) is 15.0. The molecule has 0 bridgehead atoms. The van der Waals surface area contributed by atoms with Crippen molar-refractivity contribution in [1.82, 2.24) is 9.21 Å².